The molecule has 7 nitrogen and oxygen atoms in total. The lowest BCUT2D eigenvalue weighted by Gasteiger charge is -2.12. The van der Waals surface area contributed by atoms with E-state index in [1.165, 1.54) is 24.3 Å². The molecular formula is C28H18AlCl4O7. The first-order chi connectivity index (χ1) is 18.8. The average Bonchev–Trinajstić information content (AvgIpc) is 2.90. The predicted octanol–water partition coefficient (Wildman–Crippen LogP) is 8.22. The van der Waals surface area contributed by atoms with Crippen molar-refractivity contribution in [1.82, 2.24) is 0 Å². The minimum atomic E-state index is -0.906. The van der Waals surface area contributed by atoms with Gasteiger partial charge in [0.05, 0.1) is 22.9 Å². The molecule has 4 aromatic carbocycles. The Morgan fingerprint density at radius 3 is 1.32 bits per heavy atom. The molecule has 0 aromatic heterocycles. The van der Waals surface area contributed by atoms with Crippen LogP contribution in [0.2, 0.25) is 20.1 Å². The third-order valence-corrected chi connectivity index (χ3v) is 6.32. The van der Waals surface area contributed by atoms with Gasteiger partial charge in [-0.1, -0.05) is 82.8 Å². The monoisotopic (exact) mass is 633 g/mol. The van der Waals surface area contributed by atoms with Crippen LogP contribution >= 0.6 is 46.4 Å². The fraction of sp³-hybridized carbons (Fsp3) is 0.0714. The van der Waals surface area contributed by atoms with E-state index in [4.69, 9.17) is 55.9 Å². The number of hydrogen-bond acceptors (Lipinski definition) is 7. The number of para-hydroxylation sites is 2. The molecule has 0 aliphatic heterocycles. The van der Waals surface area contributed by atoms with Gasteiger partial charge in [-0.25, -0.2) is 9.59 Å². The fourth-order valence-electron chi connectivity index (χ4n) is 3.34. The third kappa shape index (κ3) is 9.05. The Labute approximate surface area is 260 Å². The number of carbonyl (C=O) groups excluding carboxylic acids is 2. The Kier molecular flexibility index (Phi) is 12.0. The van der Waals surface area contributed by atoms with Gasteiger partial charge in [0, 0.05) is 44.6 Å². The highest BCUT2D eigenvalue weighted by atomic mass is 35.5. The van der Waals surface area contributed by atoms with E-state index in [1.54, 1.807) is 48.5 Å². The van der Waals surface area contributed by atoms with Crippen LogP contribution < -0.4 is 9.47 Å². The molecule has 3 radical (unpaired) electrons. The number of benzene rings is 4. The smallest absolute Gasteiger partial charge is 0.351 e. The summed E-state index contributed by atoms with van der Waals surface area (Å²) in [4.78, 5) is 33.6. The quantitative estimate of drug-likeness (QED) is 0.0987. The van der Waals surface area contributed by atoms with E-state index < -0.39 is 11.9 Å². The average molecular weight is 635 g/mol. The topological polar surface area (TPSA) is 80.3 Å². The van der Waals surface area contributed by atoms with Crippen LogP contribution in [0.5, 0.6) is 23.0 Å². The highest BCUT2D eigenvalue weighted by Gasteiger charge is 2.18. The van der Waals surface area contributed by atoms with Gasteiger partial charge in [-0.05, 0) is 47.5 Å². The van der Waals surface area contributed by atoms with Crippen molar-refractivity contribution >= 4 is 75.7 Å². The molecule has 0 saturated heterocycles. The third-order valence-electron chi connectivity index (χ3n) is 5.02. The van der Waals surface area contributed by atoms with Gasteiger partial charge in [0.1, 0.15) is 23.0 Å². The summed E-state index contributed by atoms with van der Waals surface area (Å²) in [5.41, 5.74) is 0.623. The van der Waals surface area contributed by atoms with E-state index in [-0.39, 0.29) is 61.8 Å². The van der Waals surface area contributed by atoms with Gasteiger partial charge in [-0.15, -0.1) is 0 Å². The molecule has 203 valence electrons. The van der Waals surface area contributed by atoms with Crippen LogP contribution in [0.1, 0.15) is 11.1 Å². The Morgan fingerprint density at radius 2 is 0.950 bits per heavy atom. The molecule has 0 aliphatic rings. The minimum Gasteiger partial charge on any atom is -0.456 e. The summed E-state index contributed by atoms with van der Waals surface area (Å²) in [6, 6.07) is 23.8. The van der Waals surface area contributed by atoms with E-state index in [9.17, 15) is 9.59 Å². The SMILES string of the molecule is O=C(Cc1cc(Cl)cc(Oc2ccccc2)c1Cl)OOOC(=O)Cc1cc(Cl)cc(Oc2ccccc2)c1Cl.[Al]. The van der Waals surface area contributed by atoms with Gasteiger partial charge in [0.2, 0.25) is 0 Å². The first-order valence-electron chi connectivity index (χ1n) is 11.3. The lowest BCUT2D eigenvalue weighted by Crippen LogP contribution is -2.14. The largest absolute Gasteiger partial charge is 0.456 e. The molecule has 0 unspecified atom stereocenters. The second-order valence-corrected chi connectivity index (χ2v) is 9.55. The summed E-state index contributed by atoms with van der Waals surface area (Å²) in [6.45, 7) is 0. The predicted molar refractivity (Wildman–Crippen MR) is 152 cm³/mol. The lowest BCUT2D eigenvalue weighted by molar-refractivity contribution is -0.459. The molecule has 0 heterocycles. The molecule has 0 atom stereocenters. The molecule has 12 heteroatoms. The molecule has 4 rings (SSSR count). The van der Waals surface area contributed by atoms with Crippen molar-refractivity contribution < 1.29 is 33.9 Å². The molecule has 40 heavy (non-hydrogen) atoms. The zero-order chi connectivity index (χ0) is 27.8. The summed E-state index contributed by atoms with van der Waals surface area (Å²) in [7, 11) is 0. The summed E-state index contributed by atoms with van der Waals surface area (Å²) in [5.74, 6) is -0.249. The number of carbonyl (C=O) groups is 2. The van der Waals surface area contributed by atoms with Crippen LogP contribution in [-0.2, 0) is 37.2 Å². The summed E-state index contributed by atoms with van der Waals surface area (Å²) in [5, 5.41) is 5.26. The molecule has 4 aromatic rings. The van der Waals surface area contributed by atoms with E-state index >= 15 is 0 Å². The lowest BCUT2D eigenvalue weighted by atomic mass is 10.1. The normalized spacial score (nSPS) is 10.3. The van der Waals surface area contributed by atoms with Gasteiger partial charge >= 0.3 is 11.9 Å². The maximum Gasteiger partial charge on any atom is 0.351 e. The van der Waals surface area contributed by atoms with Crippen molar-refractivity contribution in [3.63, 3.8) is 0 Å². The van der Waals surface area contributed by atoms with Crippen LogP contribution in [0.3, 0.4) is 0 Å². The van der Waals surface area contributed by atoms with Crippen molar-refractivity contribution in [1.29, 1.82) is 0 Å². The molecule has 0 spiro atoms. The zero-order valence-electron chi connectivity index (χ0n) is 20.4. The summed E-state index contributed by atoms with van der Waals surface area (Å²) in [6.07, 6.45) is -0.690. The maximum atomic E-state index is 12.3. The molecule has 0 amide bonds. The number of ether oxygens (including phenoxy) is 2. The first-order valence-corrected chi connectivity index (χ1v) is 12.8. The Bertz CT molecular complexity index is 1360. The molecule has 0 aliphatic carbocycles. The van der Waals surface area contributed by atoms with Crippen molar-refractivity contribution in [2.24, 2.45) is 0 Å². The zero-order valence-corrected chi connectivity index (χ0v) is 24.6. The van der Waals surface area contributed by atoms with Crippen molar-refractivity contribution in [2.75, 3.05) is 0 Å². The van der Waals surface area contributed by atoms with Crippen molar-refractivity contribution in [3.05, 3.63) is 116 Å². The van der Waals surface area contributed by atoms with Crippen LogP contribution in [0.25, 0.3) is 0 Å². The molecule has 0 fully saturated rings. The van der Waals surface area contributed by atoms with E-state index in [1.807, 2.05) is 12.1 Å². The highest BCUT2D eigenvalue weighted by Crippen LogP contribution is 2.37. The molecule has 0 bridgehead atoms. The van der Waals surface area contributed by atoms with Gasteiger partial charge in [-0.2, -0.15) is 0 Å². The second-order valence-electron chi connectivity index (χ2n) is 7.92. The van der Waals surface area contributed by atoms with E-state index in [2.05, 4.69) is 14.8 Å². The van der Waals surface area contributed by atoms with Crippen molar-refractivity contribution in [2.45, 2.75) is 12.8 Å². The fourth-order valence-corrected chi connectivity index (χ4v) is 4.23. The van der Waals surface area contributed by atoms with Gasteiger partial charge < -0.3 is 9.47 Å². The van der Waals surface area contributed by atoms with E-state index in [0.717, 1.165) is 0 Å². The molecular weight excluding hydrogens is 617 g/mol. The molecule has 0 N–H and O–H groups in total. The van der Waals surface area contributed by atoms with Crippen LogP contribution in [0.4, 0.5) is 0 Å². The van der Waals surface area contributed by atoms with Crippen LogP contribution in [-0.4, -0.2) is 29.3 Å². The van der Waals surface area contributed by atoms with Crippen LogP contribution in [0.15, 0.2) is 84.9 Å². The standard InChI is InChI=1S/C28H18Cl4O7.Al/c29-19-11-17(27(31)23(15-19)35-21-7-3-1-4-8-21)13-25(33)37-39-38-26(34)14-18-12-20(30)16-24(28(18)32)36-22-9-5-2-6-10-22;/h1-12,15-16H,13-14H2;. The first kappa shape index (κ1) is 31.6. The summed E-state index contributed by atoms with van der Waals surface area (Å²) >= 11 is 25.1. The van der Waals surface area contributed by atoms with Crippen LogP contribution in [0, 0.1) is 0 Å². The van der Waals surface area contributed by atoms with Gasteiger partial charge in [0.15, 0.2) is 0 Å². The van der Waals surface area contributed by atoms with E-state index in [0.29, 0.717) is 22.6 Å². The van der Waals surface area contributed by atoms with Gasteiger partial charge in [-0.3, -0.25) is 9.78 Å². The minimum absolute atomic E-state index is 0. The summed E-state index contributed by atoms with van der Waals surface area (Å²) < 4.78 is 11.5. The highest BCUT2D eigenvalue weighted by molar-refractivity contribution is 6.35. The second kappa shape index (κ2) is 15.2. The van der Waals surface area contributed by atoms with Crippen molar-refractivity contribution in [3.8, 4) is 23.0 Å². The van der Waals surface area contributed by atoms with Gasteiger partial charge in [0.25, 0.3) is 0 Å². The Morgan fingerprint density at radius 1 is 0.575 bits per heavy atom. The molecule has 0 saturated carbocycles. The number of rotatable bonds is 10. The Balaban J connectivity index is 0.00000441. The Hall–Kier alpha value is -2.93. The maximum absolute atomic E-state index is 12.3. The number of hydrogen-bond donors (Lipinski definition) is 0. The number of halogens is 4.